The summed E-state index contributed by atoms with van der Waals surface area (Å²) >= 11 is 0. The molecule has 168 valence electrons. The number of alkyl halides is 1. The number of benzene rings is 1. The Morgan fingerprint density at radius 3 is 2.75 bits per heavy atom. The van der Waals surface area contributed by atoms with E-state index in [2.05, 4.69) is 20.6 Å². The number of fused-ring (bicyclic) bond motifs is 1. The summed E-state index contributed by atoms with van der Waals surface area (Å²) in [7, 11) is 0. The monoisotopic (exact) mass is 444 g/mol. The number of imidazole rings is 1. The van der Waals surface area contributed by atoms with Gasteiger partial charge in [0.15, 0.2) is 0 Å². The van der Waals surface area contributed by atoms with Gasteiger partial charge in [0.2, 0.25) is 5.78 Å². The van der Waals surface area contributed by atoms with Gasteiger partial charge < -0.3 is 15.0 Å². The van der Waals surface area contributed by atoms with Gasteiger partial charge in [-0.25, -0.2) is 28.3 Å². The van der Waals surface area contributed by atoms with Crippen molar-refractivity contribution in [2.45, 2.75) is 32.5 Å². The van der Waals surface area contributed by atoms with Crippen LogP contribution in [0.25, 0.3) is 17.0 Å². The van der Waals surface area contributed by atoms with Crippen LogP contribution in [0, 0.1) is 5.82 Å². The summed E-state index contributed by atoms with van der Waals surface area (Å²) in [5.41, 5.74) is 1.19. The lowest BCUT2D eigenvalue weighted by molar-refractivity contribution is 0.130. The van der Waals surface area contributed by atoms with E-state index in [0.717, 1.165) is 0 Å². The second-order valence-corrected chi connectivity index (χ2v) is 7.71. The third-order valence-electron chi connectivity index (χ3n) is 4.81. The Morgan fingerprint density at radius 1 is 1.22 bits per heavy atom. The molecule has 9 nitrogen and oxygen atoms in total. The van der Waals surface area contributed by atoms with Gasteiger partial charge in [0.1, 0.15) is 12.0 Å². The number of carbonyl (C=O) groups is 2. The zero-order chi connectivity index (χ0) is 22.8. The van der Waals surface area contributed by atoms with Crippen LogP contribution in [0.4, 0.5) is 29.7 Å². The Labute approximate surface area is 182 Å². The van der Waals surface area contributed by atoms with E-state index in [0.29, 0.717) is 30.1 Å². The quantitative estimate of drug-likeness (QED) is 0.632. The van der Waals surface area contributed by atoms with Crippen molar-refractivity contribution in [2.75, 3.05) is 23.7 Å². The number of nitrogens with zero attached hydrogens (tertiary/aromatic N) is 4. The van der Waals surface area contributed by atoms with E-state index in [1.165, 1.54) is 33.7 Å². The number of nitrogens with one attached hydrogen (secondary N) is 2. The van der Waals surface area contributed by atoms with E-state index >= 15 is 0 Å². The maximum atomic E-state index is 14.5. The molecule has 3 aromatic rings. The molecule has 0 saturated carbocycles. The molecule has 1 saturated heterocycles. The SMILES string of the molecule is CC(C)OC(=O)Nc1cnc2nc(-c3cc(NC(=O)N4CC[C@@H](F)C4)ccc3F)cn2c1. The van der Waals surface area contributed by atoms with Crippen LogP contribution >= 0.6 is 0 Å². The molecule has 0 aliphatic carbocycles. The normalized spacial score (nSPS) is 15.9. The zero-order valence-electron chi connectivity index (χ0n) is 17.5. The van der Waals surface area contributed by atoms with Crippen molar-refractivity contribution in [3.63, 3.8) is 0 Å². The number of rotatable bonds is 4. The van der Waals surface area contributed by atoms with Crippen molar-refractivity contribution in [2.24, 2.45) is 0 Å². The molecule has 0 spiro atoms. The number of amides is 3. The standard InChI is InChI=1S/C21H22F2N6O3/c1-12(2)32-21(31)26-15-8-24-19-27-18(11-29(19)10-15)16-7-14(3-4-17(16)23)25-20(30)28-6-5-13(22)9-28/h3-4,7-8,10-13H,5-6,9H2,1-2H3,(H,25,30)(H,26,31)/t13-/m1/s1. The highest BCUT2D eigenvalue weighted by Crippen LogP contribution is 2.26. The molecule has 4 rings (SSSR count). The van der Waals surface area contributed by atoms with Crippen molar-refractivity contribution in [3.05, 3.63) is 42.6 Å². The average Bonchev–Trinajstić information content (AvgIpc) is 3.34. The van der Waals surface area contributed by atoms with E-state index in [9.17, 15) is 18.4 Å². The van der Waals surface area contributed by atoms with E-state index in [1.807, 2.05) is 0 Å². The molecule has 1 aliphatic rings. The van der Waals surface area contributed by atoms with Crippen molar-refractivity contribution in [3.8, 4) is 11.3 Å². The number of urea groups is 1. The van der Waals surface area contributed by atoms with Gasteiger partial charge >= 0.3 is 12.1 Å². The molecule has 0 bridgehead atoms. The number of hydrogen-bond donors (Lipinski definition) is 2. The first kappa shape index (κ1) is 21.5. The Balaban J connectivity index is 1.54. The van der Waals surface area contributed by atoms with Gasteiger partial charge in [0.25, 0.3) is 0 Å². The largest absolute Gasteiger partial charge is 0.447 e. The summed E-state index contributed by atoms with van der Waals surface area (Å²) in [6, 6.07) is 3.66. The minimum absolute atomic E-state index is 0.0407. The lowest BCUT2D eigenvalue weighted by atomic mass is 10.1. The van der Waals surface area contributed by atoms with E-state index < -0.39 is 24.1 Å². The Morgan fingerprint density at radius 2 is 2.03 bits per heavy atom. The maximum absolute atomic E-state index is 14.5. The lowest BCUT2D eigenvalue weighted by Gasteiger charge is -2.16. The molecule has 0 unspecified atom stereocenters. The molecule has 1 atom stereocenters. The Kier molecular flexibility index (Phi) is 5.89. The average molecular weight is 444 g/mol. The maximum Gasteiger partial charge on any atom is 0.411 e. The molecule has 1 fully saturated rings. The highest BCUT2D eigenvalue weighted by atomic mass is 19.1. The molecule has 0 radical (unpaired) electrons. The molecule has 2 aromatic heterocycles. The van der Waals surface area contributed by atoms with Crippen LogP contribution < -0.4 is 10.6 Å². The molecule has 1 aromatic carbocycles. The highest BCUT2D eigenvalue weighted by molar-refractivity contribution is 5.90. The van der Waals surface area contributed by atoms with Crippen LogP contribution in [0.5, 0.6) is 0 Å². The predicted octanol–water partition coefficient (Wildman–Crippen LogP) is 4.07. The first-order valence-corrected chi connectivity index (χ1v) is 10.1. The number of ether oxygens (including phenoxy) is 1. The van der Waals surface area contributed by atoms with Gasteiger partial charge in [-0.05, 0) is 38.5 Å². The van der Waals surface area contributed by atoms with E-state index in [1.54, 1.807) is 26.2 Å². The second kappa shape index (κ2) is 8.77. The molecular formula is C21H22F2N6O3. The number of anilines is 2. The van der Waals surface area contributed by atoms with Gasteiger partial charge in [-0.15, -0.1) is 0 Å². The highest BCUT2D eigenvalue weighted by Gasteiger charge is 2.26. The van der Waals surface area contributed by atoms with Crippen LogP contribution in [-0.2, 0) is 4.74 Å². The van der Waals surface area contributed by atoms with Crippen molar-refractivity contribution in [1.82, 2.24) is 19.3 Å². The number of likely N-dealkylation sites (tertiary alicyclic amines) is 1. The van der Waals surface area contributed by atoms with Gasteiger partial charge in [-0.1, -0.05) is 0 Å². The van der Waals surface area contributed by atoms with E-state index in [-0.39, 0.29) is 23.9 Å². The summed E-state index contributed by atoms with van der Waals surface area (Å²) < 4.78 is 34.5. The van der Waals surface area contributed by atoms with E-state index in [4.69, 9.17) is 4.74 Å². The number of carbonyl (C=O) groups excluding carboxylic acids is 2. The predicted molar refractivity (Wildman–Crippen MR) is 114 cm³/mol. The molecule has 3 heterocycles. The van der Waals surface area contributed by atoms with Gasteiger partial charge in [0, 0.05) is 30.2 Å². The fourth-order valence-electron chi connectivity index (χ4n) is 3.34. The topological polar surface area (TPSA) is 101 Å². The summed E-state index contributed by atoms with van der Waals surface area (Å²) in [5, 5.41) is 5.22. The van der Waals surface area contributed by atoms with Crippen molar-refractivity contribution < 1.29 is 23.1 Å². The van der Waals surface area contributed by atoms with Gasteiger partial charge in [-0.3, -0.25) is 9.72 Å². The number of aromatic nitrogens is 3. The summed E-state index contributed by atoms with van der Waals surface area (Å²) in [4.78, 5) is 33.9. The van der Waals surface area contributed by atoms with Crippen LogP contribution in [-0.4, -0.2) is 56.8 Å². The van der Waals surface area contributed by atoms with Crippen molar-refractivity contribution in [1.29, 1.82) is 0 Å². The lowest BCUT2D eigenvalue weighted by Crippen LogP contribution is -2.33. The zero-order valence-corrected chi connectivity index (χ0v) is 17.5. The summed E-state index contributed by atoms with van der Waals surface area (Å²) in [6.07, 6.45) is 2.93. The fourth-order valence-corrected chi connectivity index (χ4v) is 3.34. The van der Waals surface area contributed by atoms with Gasteiger partial charge in [-0.2, -0.15) is 0 Å². The van der Waals surface area contributed by atoms with Crippen LogP contribution in [0.3, 0.4) is 0 Å². The first-order chi connectivity index (χ1) is 15.3. The third-order valence-corrected chi connectivity index (χ3v) is 4.81. The van der Waals surface area contributed by atoms with Crippen molar-refractivity contribution >= 4 is 29.3 Å². The smallest absolute Gasteiger partial charge is 0.411 e. The van der Waals surface area contributed by atoms with Crippen LogP contribution in [0.15, 0.2) is 36.8 Å². The number of halogens is 2. The molecule has 32 heavy (non-hydrogen) atoms. The molecular weight excluding hydrogens is 422 g/mol. The summed E-state index contributed by atoms with van der Waals surface area (Å²) in [6.45, 7) is 3.84. The number of hydrogen-bond acceptors (Lipinski definition) is 5. The minimum Gasteiger partial charge on any atom is -0.447 e. The van der Waals surface area contributed by atoms with Gasteiger partial charge in [0.05, 0.1) is 30.2 Å². The first-order valence-electron chi connectivity index (χ1n) is 10.1. The Hall–Kier alpha value is -3.76. The molecule has 2 N–H and O–H groups in total. The molecule has 3 amide bonds. The molecule has 11 heteroatoms. The third kappa shape index (κ3) is 4.76. The minimum atomic E-state index is -1.03. The second-order valence-electron chi connectivity index (χ2n) is 7.71. The molecule has 1 aliphatic heterocycles. The Bertz CT molecular complexity index is 1170. The fraction of sp³-hybridized carbons (Fsp3) is 0.333. The van der Waals surface area contributed by atoms with Crippen LogP contribution in [0.2, 0.25) is 0 Å². The summed E-state index contributed by atoms with van der Waals surface area (Å²) in [5.74, 6) is -0.238. The van der Waals surface area contributed by atoms with Crippen LogP contribution in [0.1, 0.15) is 20.3 Å².